The van der Waals surface area contributed by atoms with E-state index >= 15 is 0 Å². The fourth-order valence-corrected chi connectivity index (χ4v) is 2.60. The average Bonchev–Trinajstić information content (AvgIpc) is 2.46. The lowest BCUT2D eigenvalue weighted by Crippen LogP contribution is -2.29. The molecule has 1 amide bonds. The predicted octanol–water partition coefficient (Wildman–Crippen LogP) is 3.66. The van der Waals surface area contributed by atoms with Crippen molar-refractivity contribution in [1.82, 2.24) is 5.32 Å². The largest absolute Gasteiger partial charge is 0.492 e. The van der Waals surface area contributed by atoms with Crippen LogP contribution in [-0.2, 0) is 11.2 Å². The van der Waals surface area contributed by atoms with Gasteiger partial charge >= 0.3 is 0 Å². The molecule has 3 heteroatoms. The van der Waals surface area contributed by atoms with Gasteiger partial charge in [0.2, 0.25) is 5.91 Å². The first-order valence-electron chi connectivity index (χ1n) is 7.98. The van der Waals surface area contributed by atoms with E-state index in [-0.39, 0.29) is 5.91 Å². The van der Waals surface area contributed by atoms with E-state index in [1.807, 2.05) is 39.8 Å². The number of amides is 1. The molecule has 2 aromatic carbocycles. The molecule has 23 heavy (non-hydrogen) atoms. The molecule has 0 aliphatic heterocycles. The minimum absolute atomic E-state index is 0.0303. The van der Waals surface area contributed by atoms with Crippen LogP contribution >= 0.6 is 0 Å². The second kappa shape index (κ2) is 7.82. The molecule has 0 fully saturated rings. The molecule has 0 saturated carbocycles. The summed E-state index contributed by atoms with van der Waals surface area (Å²) < 4.78 is 5.70. The predicted molar refractivity (Wildman–Crippen MR) is 94.0 cm³/mol. The molecule has 0 unspecified atom stereocenters. The van der Waals surface area contributed by atoms with Gasteiger partial charge in [-0.2, -0.15) is 0 Å². The fourth-order valence-electron chi connectivity index (χ4n) is 2.60. The third-order valence-electron chi connectivity index (χ3n) is 3.74. The van der Waals surface area contributed by atoms with Crippen molar-refractivity contribution < 1.29 is 9.53 Å². The van der Waals surface area contributed by atoms with E-state index in [4.69, 9.17) is 4.74 Å². The summed E-state index contributed by atoms with van der Waals surface area (Å²) in [6.45, 7) is 9.15. The van der Waals surface area contributed by atoms with E-state index in [9.17, 15) is 4.79 Å². The summed E-state index contributed by atoms with van der Waals surface area (Å²) in [4.78, 5) is 12.0. The number of hydrogen-bond acceptors (Lipinski definition) is 2. The minimum atomic E-state index is 0.0303. The van der Waals surface area contributed by atoms with E-state index in [1.54, 1.807) is 0 Å². The maximum Gasteiger partial charge on any atom is 0.224 e. The molecule has 0 aromatic heterocycles. The van der Waals surface area contributed by atoms with E-state index in [2.05, 4.69) is 29.6 Å². The standard InChI is InChI=1S/C20H25NO2/c1-14-5-6-17(4)18(10-14)13-20(22)21-7-8-23-19-11-15(2)9-16(3)12-19/h5-6,9-12H,7-8,13H2,1-4H3,(H,21,22). The van der Waals surface area contributed by atoms with E-state index in [0.717, 1.165) is 16.9 Å². The van der Waals surface area contributed by atoms with Gasteiger partial charge in [-0.15, -0.1) is 0 Å². The first-order valence-corrected chi connectivity index (χ1v) is 7.98. The Labute approximate surface area is 138 Å². The maximum absolute atomic E-state index is 12.0. The van der Waals surface area contributed by atoms with Crippen LogP contribution in [0.4, 0.5) is 0 Å². The average molecular weight is 311 g/mol. The summed E-state index contributed by atoms with van der Waals surface area (Å²) in [6.07, 6.45) is 0.414. The summed E-state index contributed by atoms with van der Waals surface area (Å²) in [5.41, 5.74) is 5.77. The molecule has 122 valence electrons. The number of carbonyl (C=O) groups is 1. The van der Waals surface area contributed by atoms with Gasteiger partial charge in [0.1, 0.15) is 12.4 Å². The van der Waals surface area contributed by atoms with Gasteiger partial charge in [-0.25, -0.2) is 0 Å². The summed E-state index contributed by atoms with van der Waals surface area (Å²) in [5.74, 6) is 0.883. The number of aryl methyl sites for hydroxylation is 4. The SMILES string of the molecule is Cc1cc(C)cc(OCCNC(=O)Cc2cc(C)ccc2C)c1. The molecule has 0 heterocycles. The number of nitrogens with one attached hydrogen (secondary N) is 1. The summed E-state index contributed by atoms with van der Waals surface area (Å²) in [5, 5.41) is 2.91. The van der Waals surface area contributed by atoms with Crippen LogP contribution in [0.5, 0.6) is 5.75 Å². The Hall–Kier alpha value is -2.29. The molecule has 2 rings (SSSR count). The molecule has 0 aliphatic carbocycles. The number of rotatable bonds is 6. The lowest BCUT2D eigenvalue weighted by atomic mass is 10.0. The van der Waals surface area contributed by atoms with Crippen LogP contribution in [0.15, 0.2) is 36.4 Å². The smallest absolute Gasteiger partial charge is 0.224 e. The van der Waals surface area contributed by atoms with Gasteiger partial charge < -0.3 is 10.1 Å². The molecular formula is C20H25NO2. The van der Waals surface area contributed by atoms with Crippen LogP contribution in [-0.4, -0.2) is 19.1 Å². The van der Waals surface area contributed by atoms with Crippen molar-refractivity contribution >= 4 is 5.91 Å². The first-order chi connectivity index (χ1) is 10.9. The van der Waals surface area contributed by atoms with Crippen LogP contribution in [0.1, 0.15) is 27.8 Å². The Balaban J connectivity index is 1.77. The molecule has 0 atom stereocenters. The van der Waals surface area contributed by atoms with Crippen molar-refractivity contribution in [3.8, 4) is 5.75 Å². The van der Waals surface area contributed by atoms with Crippen molar-refractivity contribution in [2.24, 2.45) is 0 Å². The van der Waals surface area contributed by atoms with Crippen molar-refractivity contribution in [2.75, 3.05) is 13.2 Å². The highest BCUT2D eigenvalue weighted by Crippen LogP contribution is 2.16. The Morgan fingerprint density at radius 1 is 0.957 bits per heavy atom. The number of ether oxygens (including phenoxy) is 1. The zero-order valence-corrected chi connectivity index (χ0v) is 14.4. The molecule has 0 radical (unpaired) electrons. The number of hydrogen-bond donors (Lipinski definition) is 1. The quantitative estimate of drug-likeness (QED) is 0.827. The zero-order valence-electron chi connectivity index (χ0n) is 14.4. The number of carbonyl (C=O) groups excluding carboxylic acids is 1. The monoisotopic (exact) mass is 311 g/mol. The van der Waals surface area contributed by atoms with Crippen LogP contribution < -0.4 is 10.1 Å². The summed E-state index contributed by atoms with van der Waals surface area (Å²) in [6, 6.07) is 12.3. The topological polar surface area (TPSA) is 38.3 Å². The summed E-state index contributed by atoms with van der Waals surface area (Å²) >= 11 is 0. The molecule has 3 nitrogen and oxygen atoms in total. The van der Waals surface area contributed by atoms with Crippen LogP contribution in [0.3, 0.4) is 0 Å². The maximum atomic E-state index is 12.0. The van der Waals surface area contributed by atoms with Gasteiger partial charge in [-0.3, -0.25) is 4.79 Å². The van der Waals surface area contributed by atoms with Crippen molar-refractivity contribution in [1.29, 1.82) is 0 Å². The van der Waals surface area contributed by atoms with Crippen molar-refractivity contribution in [3.05, 3.63) is 64.2 Å². The van der Waals surface area contributed by atoms with Gasteiger partial charge in [0, 0.05) is 0 Å². The minimum Gasteiger partial charge on any atom is -0.492 e. The van der Waals surface area contributed by atoms with E-state index in [1.165, 1.54) is 16.7 Å². The third-order valence-corrected chi connectivity index (χ3v) is 3.74. The Bertz CT molecular complexity index is 672. The third kappa shape index (κ3) is 5.44. The number of benzene rings is 2. The lowest BCUT2D eigenvalue weighted by Gasteiger charge is -2.10. The van der Waals surface area contributed by atoms with Crippen molar-refractivity contribution in [2.45, 2.75) is 34.1 Å². The lowest BCUT2D eigenvalue weighted by molar-refractivity contribution is -0.120. The fraction of sp³-hybridized carbons (Fsp3) is 0.350. The molecule has 0 saturated heterocycles. The highest BCUT2D eigenvalue weighted by Gasteiger charge is 2.06. The van der Waals surface area contributed by atoms with E-state index < -0.39 is 0 Å². The second-order valence-electron chi connectivity index (χ2n) is 6.13. The zero-order chi connectivity index (χ0) is 16.8. The van der Waals surface area contributed by atoms with Gasteiger partial charge in [-0.1, -0.05) is 29.8 Å². The van der Waals surface area contributed by atoms with Crippen LogP contribution in [0, 0.1) is 27.7 Å². The second-order valence-corrected chi connectivity index (χ2v) is 6.13. The molecule has 0 bridgehead atoms. The summed E-state index contributed by atoms with van der Waals surface area (Å²) in [7, 11) is 0. The van der Waals surface area contributed by atoms with Crippen LogP contribution in [0.25, 0.3) is 0 Å². The Kier molecular flexibility index (Phi) is 5.80. The molecule has 1 N–H and O–H groups in total. The molecule has 0 aliphatic rings. The Morgan fingerprint density at radius 3 is 2.35 bits per heavy atom. The van der Waals surface area contributed by atoms with Gasteiger partial charge in [0.25, 0.3) is 0 Å². The van der Waals surface area contributed by atoms with Crippen LogP contribution in [0.2, 0.25) is 0 Å². The van der Waals surface area contributed by atoms with E-state index in [0.29, 0.717) is 19.6 Å². The first kappa shape index (κ1) is 17.1. The highest BCUT2D eigenvalue weighted by molar-refractivity contribution is 5.78. The van der Waals surface area contributed by atoms with Gasteiger partial charge in [0.15, 0.2) is 0 Å². The molecule has 0 spiro atoms. The van der Waals surface area contributed by atoms with Gasteiger partial charge in [-0.05, 0) is 62.1 Å². The normalized spacial score (nSPS) is 10.4. The highest BCUT2D eigenvalue weighted by atomic mass is 16.5. The van der Waals surface area contributed by atoms with Gasteiger partial charge in [0.05, 0.1) is 13.0 Å². The molecular weight excluding hydrogens is 286 g/mol. The van der Waals surface area contributed by atoms with Crippen molar-refractivity contribution in [3.63, 3.8) is 0 Å². The Morgan fingerprint density at radius 2 is 1.65 bits per heavy atom. The molecule has 2 aromatic rings.